The minimum atomic E-state index is -4.96. The van der Waals surface area contributed by atoms with Crippen molar-refractivity contribution in [3.63, 3.8) is 0 Å². The van der Waals surface area contributed by atoms with E-state index in [2.05, 4.69) is 55.4 Å². The Kier molecular flexibility index (Phi) is 64.0. The summed E-state index contributed by atoms with van der Waals surface area (Å²) in [4.78, 5) is 72.7. The third-order valence-corrected chi connectivity index (χ3v) is 19.5. The Balaban J connectivity index is 5.14. The van der Waals surface area contributed by atoms with Crippen molar-refractivity contribution in [3.05, 3.63) is 0 Å². The number of rotatable bonds is 73. The van der Waals surface area contributed by atoms with Crippen LogP contribution in [0.5, 0.6) is 0 Å². The van der Waals surface area contributed by atoms with Crippen LogP contribution in [0.4, 0.5) is 0 Å². The number of aliphatic hydroxyl groups excluding tert-OH is 1. The Labute approximate surface area is 581 Å². The Morgan fingerprint density at radius 2 is 0.442 bits per heavy atom. The van der Waals surface area contributed by atoms with Crippen LogP contribution in [-0.2, 0) is 65.4 Å². The summed E-state index contributed by atoms with van der Waals surface area (Å²) in [5.74, 6) is 0.840. The Morgan fingerprint density at radius 3 is 0.653 bits per heavy atom. The first-order valence-corrected chi connectivity index (χ1v) is 42.2. The number of aliphatic hydroxyl groups is 1. The summed E-state index contributed by atoms with van der Waals surface area (Å²) in [7, 11) is -9.91. The molecule has 19 heteroatoms. The fourth-order valence-corrected chi connectivity index (χ4v) is 13.1. The number of phosphoric ester groups is 2. The van der Waals surface area contributed by atoms with Gasteiger partial charge in [-0.15, -0.1) is 0 Å². The first-order valence-electron chi connectivity index (χ1n) is 39.2. The third kappa shape index (κ3) is 70.3. The maximum absolute atomic E-state index is 13.0. The average Bonchev–Trinajstić information content (AvgIpc) is 1.83. The predicted octanol–water partition coefficient (Wildman–Crippen LogP) is 22.0. The minimum absolute atomic E-state index is 0.106. The number of phosphoric acid groups is 2. The first-order chi connectivity index (χ1) is 45.6. The van der Waals surface area contributed by atoms with Gasteiger partial charge in [0.25, 0.3) is 0 Å². The lowest BCUT2D eigenvalue weighted by Crippen LogP contribution is -2.30. The van der Waals surface area contributed by atoms with Gasteiger partial charge in [0.05, 0.1) is 26.4 Å². The molecule has 95 heavy (non-hydrogen) atoms. The van der Waals surface area contributed by atoms with Gasteiger partial charge in [-0.3, -0.25) is 37.3 Å². The summed E-state index contributed by atoms with van der Waals surface area (Å²) in [5, 5.41) is 10.6. The lowest BCUT2D eigenvalue weighted by atomic mass is 10.0. The molecule has 3 N–H and O–H groups in total. The summed E-state index contributed by atoms with van der Waals surface area (Å²) in [6.45, 7) is 14.1. The Bertz CT molecular complexity index is 1870. The standard InChI is InChI=1S/C76H148O17P2/c1-66(2)52-44-36-28-24-20-16-13-11-9-10-12-14-18-22-26-30-42-50-58-75(80)92-71(62-86-73(78)56-48-40-34-32-38-46-54-68(5)6)64-90-94(82,83)88-60-70(77)61-89-95(84,85)91-65-72(63-87-74(79)57-49-41-35-33-39-47-55-69(7)8)93-76(81)59-51-43-31-27-23-19-15-17-21-25-29-37-45-53-67(3)4/h66-72,77H,9-65H2,1-8H3,(H,82,83)(H,84,85)/t70-,71-,72-/m1/s1. The number of carbonyl (C=O) groups excluding carboxylic acids is 4. The van der Waals surface area contributed by atoms with Crippen molar-refractivity contribution in [2.45, 2.75) is 401 Å². The number of unbranched alkanes of at least 4 members (excludes halogenated alkanes) is 39. The molecule has 0 fully saturated rings. The maximum atomic E-state index is 13.0. The van der Waals surface area contributed by atoms with Crippen LogP contribution < -0.4 is 0 Å². The molecule has 17 nitrogen and oxygen atoms in total. The van der Waals surface area contributed by atoms with Crippen molar-refractivity contribution in [2.24, 2.45) is 23.7 Å². The minimum Gasteiger partial charge on any atom is -0.462 e. The molecule has 564 valence electrons. The van der Waals surface area contributed by atoms with E-state index in [1.54, 1.807) is 0 Å². The monoisotopic (exact) mass is 1400 g/mol. The van der Waals surface area contributed by atoms with Gasteiger partial charge in [-0.1, -0.05) is 331 Å². The Hall–Kier alpha value is -1.94. The van der Waals surface area contributed by atoms with Gasteiger partial charge in [0.15, 0.2) is 12.2 Å². The summed E-state index contributed by atoms with van der Waals surface area (Å²) in [6.07, 6.45) is 50.4. The molecule has 0 aliphatic carbocycles. The zero-order chi connectivity index (χ0) is 70.3. The lowest BCUT2D eigenvalue weighted by molar-refractivity contribution is -0.161. The molecule has 0 aliphatic rings. The van der Waals surface area contributed by atoms with E-state index in [9.17, 15) is 43.2 Å². The van der Waals surface area contributed by atoms with Gasteiger partial charge in [0.2, 0.25) is 0 Å². The molecule has 0 aliphatic heterocycles. The second kappa shape index (κ2) is 65.4. The van der Waals surface area contributed by atoms with Gasteiger partial charge in [-0.25, -0.2) is 9.13 Å². The van der Waals surface area contributed by atoms with E-state index in [-0.39, 0.29) is 25.7 Å². The highest BCUT2D eigenvalue weighted by molar-refractivity contribution is 7.47. The molecular formula is C76H148O17P2. The molecule has 0 saturated carbocycles. The first kappa shape index (κ1) is 93.1. The second-order valence-electron chi connectivity index (χ2n) is 29.3. The van der Waals surface area contributed by atoms with E-state index < -0.39 is 97.5 Å². The fourth-order valence-electron chi connectivity index (χ4n) is 11.6. The van der Waals surface area contributed by atoms with Crippen molar-refractivity contribution >= 4 is 39.5 Å². The van der Waals surface area contributed by atoms with Crippen molar-refractivity contribution in [3.8, 4) is 0 Å². The van der Waals surface area contributed by atoms with Crippen LogP contribution in [0.15, 0.2) is 0 Å². The smallest absolute Gasteiger partial charge is 0.462 e. The molecule has 0 heterocycles. The van der Waals surface area contributed by atoms with Crippen LogP contribution in [0.2, 0.25) is 0 Å². The molecule has 0 aromatic carbocycles. The van der Waals surface area contributed by atoms with E-state index in [0.717, 1.165) is 115 Å². The highest BCUT2D eigenvalue weighted by Gasteiger charge is 2.30. The van der Waals surface area contributed by atoms with Crippen molar-refractivity contribution in [2.75, 3.05) is 39.6 Å². The highest BCUT2D eigenvalue weighted by atomic mass is 31.2. The van der Waals surface area contributed by atoms with Gasteiger partial charge in [0, 0.05) is 25.7 Å². The van der Waals surface area contributed by atoms with E-state index in [0.29, 0.717) is 37.5 Å². The summed E-state index contributed by atoms with van der Waals surface area (Å²) >= 11 is 0. The molecule has 5 atom stereocenters. The number of carbonyl (C=O) groups is 4. The zero-order valence-electron chi connectivity index (χ0n) is 62.3. The van der Waals surface area contributed by atoms with E-state index in [4.69, 9.17) is 37.0 Å². The van der Waals surface area contributed by atoms with Crippen LogP contribution in [0.25, 0.3) is 0 Å². The molecule has 0 bridgehead atoms. The second-order valence-corrected chi connectivity index (χ2v) is 32.2. The molecule has 2 unspecified atom stereocenters. The fraction of sp³-hybridized carbons (Fsp3) is 0.947. The van der Waals surface area contributed by atoms with E-state index in [1.807, 2.05) is 0 Å². The molecule has 0 aromatic rings. The van der Waals surface area contributed by atoms with Gasteiger partial charge in [-0.2, -0.15) is 0 Å². The van der Waals surface area contributed by atoms with Crippen molar-refractivity contribution < 1.29 is 80.2 Å². The number of ether oxygens (including phenoxy) is 4. The largest absolute Gasteiger partial charge is 0.472 e. The summed E-state index contributed by atoms with van der Waals surface area (Å²) in [5.41, 5.74) is 0. The maximum Gasteiger partial charge on any atom is 0.472 e. The predicted molar refractivity (Wildman–Crippen MR) is 386 cm³/mol. The summed E-state index contributed by atoms with van der Waals surface area (Å²) in [6, 6.07) is 0. The Morgan fingerprint density at radius 1 is 0.263 bits per heavy atom. The third-order valence-electron chi connectivity index (χ3n) is 17.6. The van der Waals surface area contributed by atoms with E-state index in [1.165, 1.54) is 173 Å². The molecule has 0 amide bonds. The van der Waals surface area contributed by atoms with Crippen molar-refractivity contribution in [1.29, 1.82) is 0 Å². The van der Waals surface area contributed by atoms with Crippen LogP contribution in [0, 0.1) is 23.7 Å². The zero-order valence-corrected chi connectivity index (χ0v) is 64.1. The van der Waals surface area contributed by atoms with Crippen LogP contribution in [0.3, 0.4) is 0 Å². The number of hydrogen-bond donors (Lipinski definition) is 3. The van der Waals surface area contributed by atoms with Crippen LogP contribution in [-0.4, -0.2) is 96.7 Å². The van der Waals surface area contributed by atoms with Gasteiger partial charge in [0.1, 0.15) is 19.3 Å². The van der Waals surface area contributed by atoms with Crippen LogP contribution >= 0.6 is 15.6 Å². The van der Waals surface area contributed by atoms with E-state index >= 15 is 0 Å². The number of hydrogen-bond acceptors (Lipinski definition) is 15. The average molecular weight is 1400 g/mol. The summed E-state index contributed by atoms with van der Waals surface area (Å²) < 4.78 is 68.4. The normalized spacial score (nSPS) is 14.1. The molecule has 0 rings (SSSR count). The molecule has 0 saturated heterocycles. The van der Waals surface area contributed by atoms with Gasteiger partial charge < -0.3 is 33.8 Å². The topological polar surface area (TPSA) is 237 Å². The van der Waals surface area contributed by atoms with Crippen LogP contribution in [0.1, 0.15) is 383 Å². The highest BCUT2D eigenvalue weighted by Crippen LogP contribution is 2.45. The van der Waals surface area contributed by atoms with Gasteiger partial charge in [-0.05, 0) is 49.4 Å². The van der Waals surface area contributed by atoms with Gasteiger partial charge >= 0.3 is 39.5 Å². The SMILES string of the molecule is CC(C)CCCCCCCCCCCCCCCCCCCCC(=O)O[C@H](COC(=O)CCCCCCCCC(C)C)COP(=O)(O)OC[C@@H](O)COP(=O)(O)OC[C@@H](COC(=O)CCCCCCCCC(C)C)OC(=O)CCCCCCCCCCCCCCCC(C)C. The lowest BCUT2D eigenvalue weighted by Gasteiger charge is -2.21. The van der Waals surface area contributed by atoms with Crippen molar-refractivity contribution in [1.82, 2.24) is 0 Å². The molecule has 0 spiro atoms. The quantitative estimate of drug-likeness (QED) is 0.0222. The number of esters is 4. The molecule has 0 radical (unpaired) electrons. The molecular weight excluding hydrogens is 1250 g/mol. The molecule has 0 aromatic heterocycles.